The summed E-state index contributed by atoms with van der Waals surface area (Å²) in [6.45, 7) is 4.47. The van der Waals surface area contributed by atoms with E-state index in [1.54, 1.807) is 31.2 Å². The second kappa shape index (κ2) is 7.40. The third-order valence-electron chi connectivity index (χ3n) is 4.09. The number of aromatic nitrogens is 2. The van der Waals surface area contributed by atoms with E-state index in [0.717, 1.165) is 25.1 Å². The van der Waals surface area contributed by atoms with Crippen LogP contribution in [0.5, 0.6) is 5.88 Å². The number of hydrogen-bond acceptors (Lipinski definition) is 5. The molecule has 126 valence electrons. The summed E-state index contributed by atoms with van der Waals surface area (Å²) in [5.41, 5.74) is 1.64. The first-order chi connectivity index (χ1) is 11.6. The van der Waals surface area contributed by atoms with Gasteiger partial charge in [-0.25, -0.2) is 9.78 Å². The largest absolute Gasteiger partial charge is 0.478 e. The van der Waals surface area contributed by atoms with Crippen LogP contribution in [0.2, 0.25) is 0 Å². The van der Waals surface area contributed by atoms with Gasteiger partial charge < -0.3 is 15.2 Å². The van der Waals surface area contributed by atoms with Gasteiger partial charge >= 0.3 is 5.97 Å². The van der Waals surface area contributed by atoms with Gasteiger partial charge in [0.15, 0.2) is 0 Å². The van der Waals surface area contributed by atoms with E-state index in [1.165, 1.54) is 6.42 Å². The Morgan fingerprint density at radius 2 is 2.25 bits per heavy atom. The van der Waals surface area contributed by atoms with Crippen LogP contribution in [0, 0.1) is 12.8 Å². The molecular formula is C18H21N3O3. The first-order valence-corrected chi connectivity index (χ1v) is 8.15. The number of ether oxygens (including phenoxy) is 1. The smallest absolute Gasteiger partial charge is 0.335 e. The van der Waals surface area contributed by atoms with Crippen LogP contribution in [-0.2, 0) is 0 Å². The van der Waals surface area contributed by atoms with Gasteiger partial charge in [0.2, 0.25) is 5.88 Å². The molecule has 0 amide bonds. The molecule has 3 rings (SSSR count). The molecule has 1 aliphatic rings. The zero-order valence-corrected chi connectivity index (χ0v) is 13.7. The standard InChI is InChI=1S/C18H21N3O3/c1-12-20-16(14-5-2-6-15(8-14)18(22)23)9-17(21-12)24-11-13-4-3-7-19-10-13/h2,5-6,8-9,13,19H,3-4,7,10-11H2,1H3,(H,22,23). The predicted octanol–water partition coefficient (Wildman–Crippen LogP) is 2.53. The van der Waals surface area contributed by atoms with Crippen molar-refractivity contribution in [1.82, 2.24) is 15.3 Å². The van der Waals surface area contributed by atoms with Crippen molar-refractivity contribution in [1.29, 1.82) is 0 Å². The van der Waals surface area contributed by atoms with Crippen molar-refractivity contribution in [2.24, 2.45) is 5.92 Å². The van der Waals surface area contributed by atoms with Crippen LogP contribution in [0.3, 0.4) is 0 Å². The molecule has 6 nitrogen and oxygen atoms in total. The van der Waals surface area contributed by atoms with Crippen LogP contribution in [0.4, 0.5) is 0 Å². The van der Waals surface area contributed by atoms with Crippen molar-refractivity contribution in [3.63, 3.8) is 0 Å². The Bertz CT molecular complexity index is 727. The minimum absolute atomic E-state index is 0.236. The number of carbonyl (C=O) groups is 1. The van der Waals surface area contributed by atoms with Crippen LogP contribution in [0.25, 0.3) is 11.3 Å². The van der Waals surface area contributed by atoms with Crippen molar-refractivity contribution >= 4 is 5.97 Å². The maximum absolute atomic E-state index is 11.1. The Balaban J connectivity index is 1.78. The van der Waals surface area contributed by atoms with Gasteiger partial charge in [-0.15, -0.1) is 0 Å². The number of nitrogens with one attached hydrogen (secondary N) is 1. The number of nitrogens with zero attached hydrogens (tertiary/aromatic N) is 2. The van der Waals surface area contributed by atoms with Gasteiger partial charge in [-0.3, -0.25) is 0 Å². The zero-order chi connectivity index (χ0) is 16.9. The maximum Gasteiger partial charge on any atom is 0.335 e. The van der Waals surface area contributed by atoms with E-state index < -0.39 is 5.97 Å². The molecule has 0 saturated carbocycles. The van der Waals surface area contributed by atoms with Crippen LogP contribution in [-0.4, -0.2) is 40.7 Å². The lowest BCUT2D eigenvalue weighted by Crippen LogP contribution is -2.33. The topological polar surface area (TPSA) is 84.3 Å². The van der Waals surface area contributed by atoms with Crippen LogP contribution < -0.4 is 10.1 Å². The molecule has 0 bridgehead atoms. The van der Waals surface area contributed by atoms with Crippen molar-refractivity contribution in [2.75, 3.05) is 19.7 Å². The fraction of sp³-hybridized carbons (Fsp3) is 0.389. The molecule has 1 fully saturated rings. The summed E-state index contributed by atoms with van der Waals surface area (Å²) in [6.07, 6.45) is 2.33. The number of aromatic carboxylic acids is 1. The SMILES string of the molecule is Cc1nc(OCC2CCCNC2)cc(-c2cccc(C(=O)O)c2)n1. The zero-order valence-electron chi connectivity index (χ0n) is 13.7. The molecule has 2 aromatic rings. The highest BCUT2D eigenvalue weighted by molar-refractivity contribution is 5.89. The van der Waals surface area contributed by atoms with Crippen LogP contribution in [0.15, 0.2) is 30.3 Å². The average molecular weight is 327 g/mol. The number of benzene rings is 1. The van der Waals surface area contributed by atoms with Gasteiger partial charge in [0.05, 0.1) is 17.9 Å². The van der Waals surface area contributed by atoms with Crippen molar-refractivity contribution in [3.8, 4) is 17.1 Å². The van der Waals surface area contributed by atoms with Crippen molar-refractivity contribution in [2.45, 2.75) is 19.8 Å². The minimum atomic E-state index is -0.955. The summed E-state index contributed by atoms with van der Waals surface area (Å²) < 4.78 is 5.86. The third-order valence-corrected chi connectivity index (χ3v) is 4.09. The van der Waals surface area contributed by atoms with E-state index >= 15 is 0 Å². The van der Waals surface area contributed by atoms with Gasteiger partial charge in [-0.05, 0) is 38.4 Å². The Labute approximate surface area is 140 Å². The summed E-state index contributed by atoms with van der Waals surface area (Å²) in [7, 11) is 0. The van der Waals surface area contributed by atoms with E-state index in [4.69, 9.17) is 9.84 Å². The minimum Gasteiger partial charge on any atom is -0.478 e. The number of rotatable bonds is 5. The highest BCUT2D eigenvalue weighted by Crippen LogP contribution is 2.23. The molecule has 2 heterocycles. The number of piperidine rings is 1. The highest BCUT2D eigenvalue weighted by Gasteiger charge is 2.15. The summed E-state index contributed by atoms with van der Waals surface area (Å²) >= 11 is 0. The molecule has 1 aliphatic heterocycles. The fourth-order valence-corrected chi connectivity index (χ4v) is 2.84. The average Bonchev–Trinajstić information content (AvgIpc) is 2.60. The van der Waals surface area contributed by atoms with Crippen LogP contribution in [0.1, 0.15) is 29.0 Å². The number of carboxylic acids is 1. The number of aryl methyl sites for hydroxylation is 1. The second-order valence-electron chi connectivity index (χ2n) is 6.05. The normalized spacial score (nSPS) is 17.5. The summed E-state index contributed by atoms with van der Waals surface area (Å²) in [5, 5.41) is 12.5. The molecule has 6 heteroatoms. The lowest BCUT2D eigenvalue weighted by atomic mass is 10.0. The quantitative estimate of drug-likeness (QED) is 0.878. The molecule has 24 heavy (non-hydrogen) atoms. The summed E-state index contributed by atoms with van der Waals surface area (Å²) in [6, 6.07) is 8.49. The summed E-state index contributed by atoms with van der Waals surface area (Å²) in [5.74, 6) is 0.672. The lowest BCUT2D eigenvalue weighted by Gasteiger charge is -2.22. The molecule has 1 aromatic carbocycles. The van der Waals surface area contributed by atoms with Gasteiger partial charge in [-0.1, -0.05) is 12.1 Å². The molecule has 1 unspecified atom stereocenters. The molecule has 0 spiro atoms. The monoisotopic (exact) mass is 327 g/mol. The molecule has 0 radical (unpaired) electrons. The van der Waals surface area contributed by atoms with E-state index in [2.05, 4.69) is 15.3 Å². The van der Waals surface area contributed by atoms with Gasteiger partial charge in [-0.2, -0.15) is 4.98 Å². The van der Waals surface area contributed by atoms with Crippen molar-refractivity contribution < 1.29 is 14.6 Å². The molecule has 2 N–H and O–H groups in total. The Kier molecular flexibility index (Phi) is 5.05. The molecule has 1 saturated heterocycles. The van der Waals surface area contributed by atoms with Gasteiger partial charge in [0.25, 0.3) is 0 Å². The molecule has 1 aromatic heterocycles. The first-order valence-electron chi connectivity index (χ1n) is 8.15. The van der Waals surface area contributed by atoms with Crippen molar-refractivity contribution in [3.05, 3.63) is 41.7 Å². The van der Waals surface area contributed by atoms with E-state index in [-0.39, 0.29) is 5.56 Å². The van der Waals surface area contributed by atoms with Gasteiger partial charge in [0.1, 0.15) is 5.82 Å². The highest BCUT2D eigenvalue weighted by atomic mass is 16.5. The van der Waals surface area contributed by atoms with Gasteiger partial charge in [0, 0.05) is 24.1 Å². The second-order valence-corrected chi connectivity index (χ2v) is 6.05. The van der Waals surface area contributed by atoms with Crippen LogP contribution >= 0.6 is 0 Å². The Hall–Kier alpha value is -2.47. The molecular weight excluding hydrogens is 306 g/mol. The summed E-state index contributed by atoms with van der Waals surface area (Å²) in [4.78, 5) is 19.9. The maximum atomic E-state index is 11.1. The first kappa shape index (κ1) is 16.4. The number of hydrogen-bond donors (Lipinski definition) is 2. The fourth-order valence-electron chi connectivity index (χ4n) is 2.84. The Morgan fingerprint density at radius 3 is 3.00 bits per heavy atom. The molecule has 0 aliphatic carbocycles. The van der Waals surface area contributed by atoms with E-state index in [9.17, 15) is 4.79 Å². The Morgan fingerprint density at radius 1 is 1.38 bits per heavy atom. The van der Waals surface area contributed by atoms with E-state index in [1.807, 2.05) is 6.07 Å². The molecule has 1 atom stereocenters. The predicted molar refractivity (Wildman–Crippen MR) is 90.3 cm³/mol. The number of carboxylic acid groups (broad SMARTS) is 1. The lowest BCUT2D eigenvalue weighted by molar-refractivity contribution is 0.0697. The van der Waals surface area contributed by atoms with E-state index in [0.29, 0.717) is 29.9 Å². The third kappa shape index (κ3) is 4.08.